The molecule has 1 N–H and O–H groups in total. The second-order valence-corrected chi connectivity index (χ2v) is 4.24. The van der Waals surface area contributed by atoms with Crippen LogP contribution in [0.4, 0.5) is 0 Å². The average Bonchev–Trinajstić information content (AvgIpc) is 2.72. The quantitative estimate of drug-likeness (QED) is 0.750. The smallest absolute Gasteiger partial charge is 0.177 e. The zero-order chi connectivity index (χ0) is 9.80. The topological polar surface area (TPSA) is 32.3 Å². The number of nitrogens with zero attached hydrogens (tertiary/aromatic N) is 1. The molecule has 2 heterocycles. The normalized spacial score (nSPS) is 18.3. The Morgan fingerprint density at radius 3 is 2.93 bits per heavy atom. The van der Waals surface area contributed by atoms with Crippen LogP contribution >= 0.6 is 11.3 Å². The molecule has 3 nitrogen and oxygen atoms in total. The van der Waals surface area contributed by atoms with E-state index in [0.29, 0.717) is 6.54 Å². The average molecular weight is 210 g/mol. The molecule has 14 heavy (non-hydrogen) atoms. The Labute approximate surface area is 87.7 Å². The molecule has 4 heteroatoms. The molecule has 1 aliphatic heterocycles. The summed E-state index contributed by atoms with van der Waals surface area (Å²) in [5.41, 5.74) is 0.855. The molecule has 1 fully saturated rings. The number of carbonyl (C=O) groups excluding carboxylic acids is 1. The molecule has 1 aliphatic rings. The van der Waals surface area contributed by atoms with E-state index in [-0.39, 0.29) is 5.78 Å². The van der Waals surface area contributed by atoms with Gasteiger partial charge in [0, 0.05) is 37.1 Å². The minimum absolute atomic E-state index is 0.244. The second kappa shape index (κ2) is 4.68. The molecule has 1 aromatic rings. The molecule has 0 bridgehead atoms. The lowest BCUT2D eigenvalue weighted by atomic mass is 10.2. The summed E-state index contributed by atoms with van der Waals surface area (Å²) in [5, 5.41) is 7.14. The summed E-state index contributed by atoms with van der Waals surface area (Å²) < 4.78 is 0. The van der Waals surface area contributed by atoms with Gasteiger partial charge in [-0.2, -0.15) is 11.3 Å². The van der Waals surface area contributed by atoms with E-state index in [4.69, 9.17) is 0 Å². The third kappa shape index (κ3) is 2.41. The van der Waals surface area contributed by atoms with Gasteiger partial charge in [-0.05, 0) is 11.4 Å². The Morgan fingerprint density at radius 2 is 2.29 bits per heavy atom. The number of thiophene rings is 1. The molecule has 0 radical (unpaired) electrons. The highest BCUT2D eigenvalue weighted by atomic mass is 32.1. The zero-order valence-electron chi connectivity index (χ0n) is 8.03. The molecule has 0 saturated carbocycles. The van der Waals surface area contributed by atoms with Gasteiger partial charge >= 0.3 is 0 Å². The van der Waals surface area contributed by atoms with E-state index in [9.17, 15) is 4.79 Å². The first-order valence-electron chi connectivity index (χ1n) is 4.85. The van der Waals surface area contributed by atoms with E-state index >= 15 is 0 Å². The monoisotopic (exact) mass is 210 g/mol. The first-order chi connectivity index (χ1) is 6.86. The summed E-state index contributed by atoms with van der Waals surface area (Å²) >= 11 is 1.58. The standard InChI is InChI=1S/C10H14N2OS/c13-10(9-1-6-14-8-9)7-12-4-2-11-3-5-12/h1,6,8,11H,2-5,7H2. The maximum Gasteiger partial charge on any atom is 0.177 e. The van der Waals surface area contributed by atoms with Gasteiger partial charge in [-0.25, -0.2) is 0 Å². The van der Waals surface area contributed by atoms with Gasteiger partial charge in [-0.1, -0.05) is 0 Å². The Balaban J connectivity index is 1.87. The van der Waals surface area contributed by atoms with Gasteiger partial charge in [0.15, 0.2) is 5.78 Å². The van der Waals surface area contributed by atoms with E-state index in [1.54, 1.807) is 11.3 Å². The Hall–Kier alpha value is -0.710. The second-order valence-electron chi connectivity index (χ2n) is 3.46. The van der Waals surface area contributed by atoms with Crippen LogP contribution in [-0.2, 0) is 0 Å². The molecule has 0 spiro atoms. The van der Waals surface area contributed by atoms with Crippen molar-refractivity contribution in [3.05, 3.63) is 22.4 Å². The number of hydrogen-bond donors (Lipinski definition) is 1. The van der Waals surface area contributed by atoms with Gasteiger partial charge in [0.2, 0.25) is 0 Å². The van der Waals surface area contributed by atoms with Gasteiger partial charge in [-0.15, -0.1) is 0 Å². The van der Waals surface area contributed by atoms with Crippen molar-refractivity contribution in [1.29, 1.82) is 0 Å². The molecule has 0 aromatic carbocycles. The van der Waals surface area contributed by atoms with Crippen LogP contribution in [0.25, 0.3) is 0 Å². The zero-order valence-corrected chi connectivity index (χ0v) is 8.85. The Morgan fingerprint density at radius 1 is 1.50 bits per heavy atom. The summed E-state index contributed by atoms with van der Waals surface area (Å²) in [4.78, 5) is 13.9. The van der Waals surface area contributed by atoms with E-state index < -0.39 is 0 Å². The van der Waals surface area contributed by atoms with Crippen LogP contribution in [0.3, 0.4) is 0 Å². The fourth-order valence-corrected chi connectivity index (χ4v) is 2.25. The van der Waals surface area contributed by atoms with E-state index in [1.165, 1.54) is 0 Å². The lowest BCUT2D eigenvalue weighted by Gasteiger charge is -2.26. The Kier molecular flexibility index (Phi) is 3.29. The van der Waals surface area contributed by atoms with Crippen molar-refractivity contribution in [3.63, 3.8) is 0 Å². The van der Waals surface area contributed by atoms with E-state index in [0.717, 1.165) is 31.7 Å². The highest BCUT2D eigenvalue weighted by molar-refractivity contribution is 7.08. The highest BCUT2D eigenvalue weighted by Gasteiger charge is 2.14. The predicted molar refractivity (Wildman–Crippen MR) is 58.0 cm³/mol. The maximum absolute atomic E-state index is 11.7. The number of piperazine rings is 1. The van der Waals surface area contributed by atoms with Crippen molar-refractivity contribution in [2.45, 2.75) is 0 Å². The predicted octanol–water partition coefficient (Wildman–Crippen LogP) is 0.836. The van der Waals surface area contributed by atoms with Gasteiger partial charge in [0.1, 0.15) is 0 Å². The molecule has 0 aliphatic carbocycles. The number of nitrogens with one attached hydrogen (secondary N) is 1. The van der Waals surface area contributed by atoms with Gasteiger partial charge < -0.3 is 5.32 Å². The van der Waals surface area contributed by atoms with Crippen molar-refractivity contribution in [2.75, 3.05) is 32.7 Å². The van der Waals surface area contributed by atoms with Crippen LogP contribution in [0.5, 0.6) is 0 Å². The van der Waals surface area contributed by atoms with Gasteiger partial charge in [0.25, 0.3) is 0 Å². The van der Waals surface area contributed by atoms with Crippen molar-refractivity contribution in [3.8, 4) is 0 Å². The first-order valence-corrected chi connectivity index (χ1v) is 5.79. The molecular formula is C10H14N2OS. The van der Waals surface area contributed by atoms with Crippen molar-refractivity contribution >= 4 is 17.1 Å². The molecule has 1 aromatic heterocycles. The number of rotatable bonds is 3. The SMILES string of the molecule is O=C(CN1CCNCC1)c1ccsc1. The first kappa shape index (κ1) is 9.83. The summed E-state index contributed by atoms with van der Waals surface area (Å²) in [7, 11) is 0. The van der Waals surface area contributed by atoms with Crippen LogP contribution in [0, 0.1) is 0 Å². The Bertz CT molecular complexity index is 291. The largest absolute Gasteiger partial charge is 0.314 e. The maximum atomic E-state index is 11.7. The number of Topliss-reactive ketones (excluding diaryl/α,β-unsaturated/α-hetero) is 1. The van der Waals surface area contributed by atoms with E-state index in [2.05, 4.69) is 10.2 Å². The molecule has 0 atom stereocenters. The number of hydrogen-bond acceptors (Lipinski definition) is 4. The van der Waals surface area contributed by atoms with Crippen LogP contribution in [0.1, 0.15) is 10.4 Å². The highest BCUT2D eigenvalue weighted by Crippen LogP contribution is 2.07. The fraction of sp³-hybridized carbons (Fsp3) is 0.500. The number of ketones is 1. The van der Waals surface area contributed by atoms with Gasteiger partial charge in [-0.3, -0.25) is 9.69 Å². The molecule has 0 unspecified atom stereocenters. The molecular weight excluding hydrogens is 196 g/mol. The number of carbonyl (C=O) groups is 1. The van der Waals surface area contributed by atoms with Crippen molar-refractivity contribution in [1.82, 2.24) is 10.2 Å². The summed E-state index contributed by atoms with van der Waals surface area (Å²) in [5.74, 6) is 0.244. The van der Waals surface area contributed by atoms with Crippen molar-refractivity contribution < 1.29 is 4.79 Å². The van der Waals surface area contributed by atoms with Crippen LogP contribution < -0.4 is 5.32 Å². The van der Waals surface area contributed by atoms with Crippen LogP contribution in [-0.4, -0.2) is 43.4 Å². The summed E-state index contributed by atoms with van der Waals surface area (Å²) in [6, 6.07) is 1.90. The minimum Gasteiger partial charge on any atom is -0.314 e. The van der Waals surface area contributed by atoms with Crippen molar-refractivity contribution in [2.24, 2.45) is 0 Å². The third-order valence-electron chi connectivity index (χ3n) is 2.42. The molecule has 0 amide bonds. The fourth-order valence-electron chi connectivity index (χ4n) is 1.59. The third-order valence-corrected chi connectivity index (χ3v) is 3.10. The molecule has 1 saturated heterocycles. The lowest BCUT2D eigenvalue weighted by molar-refractivity contribution is 0.0922. The molecule has 2 rings (SSSR count). The minimum atomic E-state index is 0.244. The van der Waals surface area contributed by atoms with Gasteiger partial charge in [0.05, 0.1) is 6.54 Å². The summed E-state index contributed by atoms with van der Waals surface area (Å²) in [6.45, 7) is 4.53. The molecule has 76 valence electrons. The summed E-state index contributed by atoms with van der Waals surface area (Å²) in [6.07, 6.45) is 0. The lowest BCUT2D eigenvalue weighted by Crippen LogP contribution is -2.45. The van der Waals surface area contributed by atoms with Crippen LogP contribution in [0.15, 0.2) is 16.8 Å². The van der Waals surface area contributed by atoms with Crippen LogP contribution in [0.2, 0.25) is 0 Å². The van der Waals surface area contributed by atoms with E-state index in [1.807, 2.05) is 16.8 Å².